The van der Waals surface area contributed by atoms with E-state index in [1.807, 2.05) is 6.92 Å². The van der Waals surface area contributed by atoms with Crippen LogP contribution in [0, 0.1) is 6.92 Å². The Morgan fingerprint density at radius 2 is 1.76 bits per heavy atom. The van der Waals surface area contributed by atoms with Crippen LogP contribution < -0.4 is 0 Å². The fourth-order valence-electron chi connectivity index (χ4n) is 1.50. The summed E-state index contributed by atoms with van der Waals surface area (Å²) in [4.78, 5) is 0.139. The van der Waals surface area contributed by atoms with E-state index < -0.39 is 22.3 Å². The summed E-state index contributed by atoms with van der Waals surface area (Å²) in [6, 6.07) is 6.46. The molecule has 5 heteroatoms. The minimum atomic E-state index is -3.73. The van der Waals surface area contributed by atoms with E-state index >= 15 is 0 Å². The highest BCUT2D eigenvalue weighted by Gasteiger charge is 2.19. The van der Waals surface area contributed by atoms with Crippen molar-refractivity contribution in [2.24, 2.45) is 0 Å². The molecule has 0 aliphatic heterocycles. The quantitative estimate of drug-likeness (QED) is 0.819. The second kappa shape index (κ2) is 5.62. The summed E-state index contributed by atoms with van der Waals surface area (Å²) in [5, 5.41) is 9.15. The normalized spacial score (nSPS) is 15.5. The van der Waals surface area contributed by atoms with Crippen LogP contribution in [-0.2, 0) is 14.3 Å². The number of rotatable bonds is 5. The van der Waals surface area contributed by atoms with Gasteiger partial charge in [-0.15, -0.1) is 0 Å². The summed E-state index contributed by atoms with van der Waals surface area (Å²) in [5.41, 5.74) is 0.987. The first kappa shape index (κ1) is 14.2. The van der Waals surface area contributed by atoms with Gasteiger partial charge >= 0.3 is 0 Å². The molecule has 0 spiro atoms. The van der Waals surface area contributed by atoms with Gasteiger partial charge in [-0.2, -0.15) is 8.42 Å². The van der Waals surface area contributed by atoms with Gasteiger partial charge in [-0.25, -0.2) is 0 Å². The Kier molecular flexibility index (Phi) is 4.68. The molecule has 1 aromatic carbocycles. The maximum absolute atomic E-state index is 11.8. The van der Waals surface area contributed by atoms with E-state index in [4.69, 9.17) is 9.29 Å². The number of aliphatic hydroxyl groups excluding tert-OH is 1. The number of aliphatic hydroxyl groups is 1. The van der Waals surface area contributed by atoms with E-state index in [0.717, 1.165) is 5.56 Å². The molecule has 0 aromatic heterocycles. The summed E-state index contributed by atoms with van der Waals surface area (Å²) in [7, 11) is -3.73. The van der Waals surface area contributed by atoms with Gasteiger partial charge in [-0.1, -0.05) is 17.7 Å². The van der Waals surface area contributed by atoms with Gasteiger partial charge in [-0.05, 0) is 32.9 Å². The van der Waals surface area contributed by atoms with Crippen LogP contribution in [-0.4, -0.2) is 25.7 Å². The van der Waals surface area contributed by atoms with Crippen molar-refractivity contribution < 1.29 is 17.7 Å². The SMILES string of the molecule is Cc1ccc(S(=O)(=O)O[C@H](C)CC(C)O)cc1. The average molecular weight is 258 g/mol. The average Bonchev–Trinajstić information content (AvgIpc) is 2.15. The lowest BCUT2D eigenvalue weighted by Crippen LogP contribution is -2.19. The van der Waals surface area contributed by atoms with E-state index in [9.17, 15) is 8.42 Å². The summed E-state index contributed by atoms with van der Waals surface area (Å²) >= 11 is 0. The molecular formula is C12H18O4S. The van der Waals surface area contributed by atoms with Crippen molar-refractivity contribution in [3.05, 3.63) is 29.8 Å². The maximum atomic E-state index is 11.8. The van der Waals surface area contributed by atoms with Crippen molar-refractivity contribution in [3.63, 3.8) is 0 Å². The Morgan fingerprint density at radius 3 is 2.24 bits per heavy atom. The Hall–Kier alpha value is -0.910. The third-order valence-electron chi connectivity index (χ3n) is 2.27. The topological polar surface area (TPSA) is 63.6 Å². The number of hydrogen-bond donors (Lipinski definition) is 1. The monoisotopic (exact) mass is 258 g/mol. The van der Waals surface area contributed by atoms with Crippen molar-refractivity contribution in [3.8, 4) is 0 Å². The third kappa shape index (κ3) is 4.46. The summed E-state index contributed by atoms with van der Waals surface area (Å²) in [6.45, 7) is 5.10. The first-order valence-electron chi connectivity index (χ1n) is 5.49. The lowest BCUT2D eigenvalue weighted by atomic mass is 10.2. The summed E-state index contributed by atoms with van der Waals surface area (Å²) in [6.07, 6.45) is -0.843. The molecule has 1 N–H and O–H groups in total. The number of hydrogen-bond acceptors (Lipinski definition) is 4. The van der Waals surface area contributed by atoms with Crippen LogP contribution in [0.25, 0.3) is 0 Å². The van der Waals surface area contributed by atoms with E-state index in [0.29, 0.717) is 0 Å². The molecule has 0 fully saturated rings. The van der Waals surface area contributed by atoms with E-state index in [-0.39, 0.29) is 11.3 Å². The zero-order valence-electron chi connectivity index (χ0n) is 10.3. The van der Waals surface area contributed by atoms with Crippen LogP contribution in [0.1, 0.15) is 25.8 Å². The molecule has 1 aromatic rings. The second-order valence-corrected chi connectivity index (χ2v) is 5.83. The molecular weight excluding hydrogens is 240 g/mol. The van der Waals surface area contributed by atoms with Gasteiger partial charge in [0.15, 0.2) is 0 Å². The first-order valence-corrected chi connectivity index (χ1v) is 6.90. The predicted octanol–water partition coefficient (Wildman–Crippen LogP) is 1.86. The van der Waals surface area contributed by atoms with Crippen molar-refractivity contribution in [2.45, 2.75) is 44.3 Å². The standard InChI is InChI=1S/C12H18O4S/c1-9-4-6-12(7-5-9)17(14,15)16-11(3)8-10(2)13/h4-7,10-11,13H,8H2,1-3H3/t10?,11-/m1/s1. The predicted molar refractivity (Wildman–Crippen MR) is 65.2 cm³/mol. The first-order chi connectivity index (χ1) is 7.81. The van der Waals surface area contributed by atoms with Crippen LogP contribution in [0.4, 0.5) is 0 Å². The highest BCUT2D eigenvalue weighted by molar-refractivity contribution is 7.86. The molecule has 0 saturated carbocycles. The molecule has 0 amide bonds. The van der Waals surface area contributed by atoms with E-state index in [1.54, 1.807) is 26.0 Å². The molecule has 4 nitrogen and oxygen atoms in total. The van der Waals surface area contributed by atoms with Gasteiger partial charge in [0.25, 0.3) is 10.1 Å². The highest BCUT2D eigenvalue weighted by atomic mass is 32.2. The molecule has 0 radical (unpaired) electrons. The zero-order valence-corrected chi connectivity index (χ0v) is 11.1. The number of benzene rings is 1. The van der Waals surface area contributed by atoms with Gasteiger partial charge in [0, 0.05) is 6.42 Å². The summed E-state index contributed by atoms with van der Waals surface area (Å²) < 4.78 is 28.6. The Labute approximate surface area is 102 Å². The maximum Gasteiger partial charge on any atom is 0.297 e. The zero-order chi connectivity index (χ0) is 13.1. The molecule has 17 heavy (non-hydrogen) atoms. The van der Waals surface area contributed by atoms with Crippen LogP contribution in [0.5, 0.6) is 0 Å². The van der Waals surface area contributed by atoms with Crippen molar-refractivity contribution in [1.82, 2.24) is 0 Å². The Morgan fingerprint density at radius 1 is 1.24 bits per heavy atom. The number of aryl methyl sites for hydroxylation is 1. The van der Waals surface area contributed by atoms with Crippen LogP contribution in [0.2, 0.25) is 0 Å². The lowest BCUT2D eigenvalue weighted by Gasteiger charge is -2.14. The highest BCUT2D eigenvalue weighted by Crippen LogP contribution is 2.16. The van der Waals surface area contributed by atoms with Crippen molar-refractivity contribution in [1.29, 1.82) is 0 Å². The lowest BCUT2D eigenvalue weighted by molar-refractivity contribution is 0.119. The molecule has 2 atom stereocenters. The van der Waals surface area contributed by atoms with Gasteiger partial charge in [0.2, 0.25) is 0 Å². The van der Waals surface area contributed by atoms with Gasteiger partial charge in [0.1, 0.15) is 0 Å². The van der Waals surface area contributed by atoms with Gasteiger partial charge < -0.3 is 5.11 Å². The molecule has 0 bridgehead atoms. The molecule has 0 heterocycles. The molecule has 0 aliphatic carbocycles. The molecule has 0 aliphatic rings. The smallest absolute Gasteiger partial charge is 0.297 e. The molecule has 1 rings (SSSR count). The minimum absolute atomic E-state index is 0.139. The van der Waals surface area contributed by atoms with Crippen LogP contribution >= 0.6 is 0 Å². The van der Waals surface area contributed by atoms with Crippen LogP contribution in [0.3, 0.4) is 0 Å². The van der Waals surface area contributed by atoms with Crippen LogP contribution in [0.15, 0.2) is 29.2 Å². The Balaban J connectivity index is 2.78. The molecule has 96 valence electrons. The van der Waals surface area contributed by atoms with Crippen molar-refractivity contribution in [2.75, 3.05) is 0 Å². The summed E-state index contributed by atoms with van der Waals surface area (Å²) in [5.74, 6) is 0. The Bertz CT molecular complexity index is 448. The van der Waals surface area contributed by atoms with E-state index in [2.05, 4.69) is 0 Å². The fraction of sp³-hybridized carbons (Fsp3) is 0.500. The third-order valence-corrected chi connectivity index (χ3v) is 3.71. The molecule has 0 saturated heterocycles. The van der Waals surface area contributed by atoms with Crippen molar-refractivity contribution >= 4 is 10.1 Å². The second-order valence-electron chi connectivity index (χ2n) is 4.26. The fourth-order valence-corrected chi connectivity index (χ4v) is 2.59. The van der Waals surface area contributed by atoms with E-state index in [1.165, 1.54) is 12.1 Å². The van der Waals surface area contributed by atoms with Gasteiger partial charge in [-0.3, -0.25) is 4.18 Å². The van der Waals surface area contributed by atoms with Gasteiger partial charge in [0.05, 0.1) is 17.1 Å². The largest absolute Gasteiger partial charge is 0.393 e. The molecule has 1 unspecified atom stereocenters. The minimum Gasteiger partial charge on any atom is -0.393 e.